The molecule has 0 bridgehead atoms. The van der Waals surface area contributed by atoms with Crippen LogP contribution in [0.1, 0.15) is 18.1 Å². The van der Waals surface area contributed by atoms with Gasteiger partial charge in [-0.15, -0.1) is 0 Å². The molecule has 2 aromatic rings. The van der Waals surface area contributed by atoms with Gasteiger partial charge < -0.3 is 10.1 Å². The largest absolute Gasteiger partial charge is 0.497 e. The summed E-state index contributed by atoms with van der Waals surface area (Å²) in [6.07, 6.45) is 3.54. The number of anilines is 1. The third kappa shape index (κ3) is 3.47. The second kappa shape index (κ2) is 6.90. The van der Waals surface area contributed by atoms with Crippen molar-refractivity contribution in [1.29, 1.82) is 0 Å². The fourth-order valence-electron chi connectivity index (χ4n) is 3.18. The maximum absolute atomic E-state index is 12.9. The van der Waals surface area contributed by atoms with Crippen molar-refractivity contribution in [3.05, 3.63) is 84.0 Å². The Morgan fingerprint density at radius 1 is 0.962 bits per heavy atom. The number of allylic oxidation sites excluding steroid dienone is 2. The molecule has 0 radical (unpaired) electrons. The van der Waals surface area contributed by atoms with Crippen molar-refractivity contribution >= 4 is 5.69 Å². The van der Waals surface area contributed by atoms with Crippen LogP contribution >= 0.6 is 0 Å². The molecular formula is C21H20F3NO. The van der Waals surface area contributed by atoms with Gasteiger partial charge in [0.15, 0.2) is 0 Å². The minimum atomic E-state index is -4.34. The SMILES string of the molecule is COc1ccc(NC2(c3ccc(C(F)(F)F)cc3)C=CC=CC2C)cc1. The number of halogens is 3. The zero-order chi connectivity index (χ0) is 18.8. The van der Waals surface area contributed by atoms with E-state index >= 15 is 0 Å². The predicted molar refractivity (Wildman–Crippen MR) is 97.2 cm³/mol. The second-order valence-corrected chi connectivity index (χ2v) is 6.33. The summed E-state index contributed by atoms with van der Waals surface area (Å²) in [7, 11) is 1.60. The van der Waals surface area contributed by atoms with E-state index in [0.717, 1.165) is 29.1 Å². The average Bonchev–Trinajstić information content (AvgIpc) is 2.64. The Balaban J connectivity index is 1.99. The van der Waals surface area contributed by atoms with Crippen molar-refractivity contribution in [1.82, 2.24) is 0 Å². The van der Waals surface area contributed by atoms with E-state index in [-0.39, 0.29) is 5.92 Å². The molecule has 1 aliphatic carbocycles. The number of nitrogens with one attached hydrogen (secondary N) is 1. The number of hydrogen-bond acceptors (Lipinski definition) is 2. The van der Waals surface area contributed by atoms with E-state index in [1.54, 1.807) is 19.2 Å². The lowest BCUT2D eigenvalue weighted by Gasteiger charge is -2.39. The van der Waals surface area contributed by atoms with Crippen molar-refractivity contribution in [2.75, 3.05) is 12.4 Å². The molecular weight excluding hydrogens is 339 g/mol. The van der Waals surface area contributed by atoms with E-state index in [0.29, 0.717) is 0 Å². The minimum Gasteiger partial charge on any atom is -0.497 e. The highest BCUT2D eigenvalue weighted by Crippen LogP contribution is 2.39. The van der Waals surface area contributed by atoms with Crippen LogP contribution < -0.4 is 10.1 Å². The minimum absolute atomic E-state index is 0.0475. The lowest BCUT2D eigenvalue weighted by molar-refractivity contribution is -0.137. The Morgan fingerprint density at radius 3 is 2.15 bits per heavy atom. The number of rotatable bonds is 4. The number of hydrogen-bond donors (Lipinski definition) is 1. The molecule has 0 aliphatic heterocycles. The van der Waals surface area contributed by atoms with Crippen LogP contribution in [0.4, 0.5) is 18.9 Å². The molecule has 1 aliphatic rings. The summed E-state index contributed by atoms with van der Waals surface area (Å²) in [6.45, 7) is 2.04. The summed E-state index contributed by atoms with van der Waals surface area (Å²) < 4.78 is 43.9. The number of ether oxygens (including phenoxy) is 1. The van der Waals surface area contributed by atoms with Crippen molar-refractivity contribution in [2.45, 2.75) is 18.6 Å². The maximum atomic E-state index is 12.9. The highest BCUT2D eigenvalue weighted by Gasteiger charge is 2.37. The number of alkyl halides is 3. The Morgan fingerprint density at radius 2 is 1.62 bits per heavy atom. The van der Waals surface area contributed by atoms with Gasteiger partial charge in [-0.05, 0) is 42.0 Å². The Kier molecular flexibility index (Phi) is 4.81. The fourth-order valence-corrected chi connectivity index (χ4v) is 3.18. The van der Waals surface area contributed by atoms with Gasteiger partial charge in [0.25, 0.3) is 0 Å². The van der Waals surface area contributed by atoms with Crippen LogP contribution in [0.15, 0.2) is 72.8 Å². The van der Waals surface area contributed by atoms with Crippen LogP contribution in [-0.4, -0.2) is 7.11 Å². The third-order valence-corrected chi connectivity index (χ3v) is 4.72. The van der Waals surface area contributed by atoms with E-state index in [2.05, 4.69) is 5.32 Å². The molecule has 26 heavy (non-hydrogen) atoms. The lowest BCUT2D eigenvalue weighted by atomic mass is 9.76. The van der Waals surface area contributed by atoms with Crippen LogP contribution in [0, 0.1) is 5.92 Å². The molecule has 0 fully saturated rings. The van der Waals surface area contributed by atoms with E-state index < -0.39 is 17.3 Å². The molecule has 1 N–H and O–H groups in total. The van der Waals surface area contributed by atoms with Gasteiger partial charge in [0, 0.05) is 11.6 Å². The first-order valence-electron chi connectivity index (χ1n) is 8.31. The molecule has 0 saturated carbocycles. The standard InChI is InChI=1S/C21H20F3NO/c1-15-5-3-4-14-20(15,25-18-10-12-19(26-2)13-11-18)16-6-8-17(9-7-16)21(22,23)24/h3-15,25H,1-2H3. The first-order chi connectivity index (χ1) is 12.3. The van der Waals surface area contributed by atoms with Crippen molar-refractivity contribution in [2.24, 2.45) is 5.92 Å². The van der Waals surface area contributed by atoms with Gasteiger partial charge in [0.1, 0.15) is 5.75 Å². The molecule has 0 spiro atoms. The number of methoxy groups -OCH3 is 1. The summed E-state index contributed by atoms with van der Waals surface area (Å²) in [5, 5.41) is 3.50. The molecule has 2 atom stereocenters. The smallest absolute Gasteiger partial charge is 0.416 e. The summed E-state index contributed by atoms with van der Waals surface area (Å²) in [5.74, 6) is 0.789. The molecule has 2 aromatic carbocycles. The van der Waals surface area contributed by atoms with Gasteiger partial charge in [-0.25, -0.2) is 0 Å². The highest BCUT2D eigenvalue weighted by molar-refractivity contribution is 5.54. The molecule has 0 aromatic heterocycles. The Hall–Kier alpha value is -2.69. The number of benzene rings is 2. The van der Waals surface area contributed by atoms with Gasteiger partial charge in [0.2, 0.25) is 0 Å². The first-order valence-corrected chi connectivity index (χ1v) is 8.31. The van der Waals surface area contributed by atoms with Crippen LogP contribution in [0.2, 0.25) is 0 Å². The molecule has 0 saturated heterocycles. The van der Waals surface area contributed by atoms with E-state index in [4.69, 9.17) is 4.74 Å². The molecule has 2 unspecified atom stereocenters. The molecule has 0 amide bonds. The molecule has 136 valence electrons. The average molecular weight is 359 g/mol. The summed E-state index contributed by atoms with van der Waals surface area (Å²) in [6, 6.07) is 12.8. The third-order valence-electron chi connectivity index (χ3n) is 4.72. The van der Waals surface area contributed by atoms with Crippen LogP contribution in [0.3, 0.4) is 0 Å². The fraction of sp³-hybridized carbons (Fsp3) is 0.238. The Labute approximate surface area is 151 Å². The van der Waals surface area contributed by atoms with Gasteiger partial charge >= 0.3 is 6.18 Å². The quantitative estimate of drug-likeness (QED) is 0.747. The zero-order valence-corrected chi connectivity index (χ0v) is 14.5. The lowest BCUT2D eigenvalue weighted by Crippen LogP contribution is -2.40. The van der Waals surface area contributed by atoms with E-state index in [1.165, 1.54) is 0 Å². The van der Waals surface area contributed by atoms with E-state index in [1.807, 2.05) is 55.5 Å². The molecule has 5 heteroatoms. The van der Waals surface area contributed by atoms with Gasteiger partial charge in [-0.2, -0.15) is 13.2 Å². The zero-order valence-electron chi connectivity index (χ0n) is 14.5. The van der Waals surface area contributed by atoms with Crippen LogP contribution in [0.5, 0.6) is 5.75 Å². The molecule has 2 nitrogen and oxygen atoms in total. The van der Waals surface area contributed by atoms with Crippen molar-refractivity contribution < 1.29 is 17.9 Å². The normalized spacial score (nSPS) is 22.3. The van der Waals surface area contributed by atoms with Crippen LogP contribution in [0.25, 0.3) is 0 Å². The topological polar surface area (TPSA) is 21.3 Å². The van der Waals surface area contributed by atoms with Gasteiger partial charge in [0.05, 0.1) is 18.2 Å². The van der Waals surface area contributed by atoms with E-state index in [9.17, 15) is 13.2 Å². The Bertz CT molecular complexity index is 807. The van der Waals surface area contributed by atoms with Gasteiger partial charge in [-0.3, -0.25) is 0 Å². The maximum Gasteiger partial charge on any atom is 0.416 e. The first kappa shape index (κ1) is 18.1. The summed E-state index contributed by atoms with van der Waals surface area (Å²) in [4.78, 5) is 0. The highest BCUT2D eigenvalue weighted by atomic mass is 19.4. The summed E-state index contributed by atoms with van der Waals surface area (Å²) in [5.41, 5.74) is 0.351. The monoisotopic (exact) mass is 359 g/mol. The molecule has 0 heterocycles. The van der Waals surface area contributed by atoms with Crippen LogP contribution in [-0.2, 0) is 11.7 Å². The molecule has 3 rings (SSSR count). The van der Waals surface area contributed by atoms with Crippen molar-refractivity contribution in [3.63, 3.8) is 0 Å². The predicted octanol–water partition coefficient (Wildman–Crippen LogP) is 5.78. The van der Waals surface area contributed by atoms with Crippen molar-refractivity contribution in [3.8, 4) is 5.75 Å². The summed E-state index contributed by atoms with van der Waals surface area (Å²) >= 11 is 0. The second-order valence-electron chi connectivity index (χ2n) is 6.33. The van der Waals surface area contributed by atoms with Gasteiger partial charge in [-0.1, -0.05) is 43.4 Å².